The molecule has 0 heterocycles. The van der Waals surface area contributed by atoms with Gasteiger partial charge in [0.25, 0.3) is 0 Å². The van der Waals surface area contributed by atoms with Crippen LogP contribution < -0.4 is 0 Å². The topological polar surface area (TPSA) is 18.5 Å². The normalized spacial score (nSPS) is 19.8. The van der Waals surface area contributed by atoms with Gasteiger partial charge in [0.15, 0.2) is 0 Å². The number of ether oxygens (including phenoxy) is 2. The average Bonchev–Trinajstić information content (AvgIpc) is 2.83. The predicted octanol–water partition coefficient (Wildman–Crippen LogP) is 13.7. The Bertz CT molecular complexity index is 1000. The standard InChI is InChI=1S/C46H93BO2/c1-31(2)25-41(14,15)36(8)33(5)27-44(20,21)48-30-39(43(18,19)29-35(7)40(11,12)13)38(10)46(24,47)49-45(22,23)28-34(6)37(9)42(16,17)26-32(3)4/h29,31-34,36-39H,25-28,30,47H2,1-24H3/b35-29+. The molecule has 0 fully saturated rings. The van der Waals surface area contributed by atoms with Crippen molar-refractivity contribution in [1.29, 1.82) is 0 Å². The summed E-state index contributed by atoms with van der Waals surface area (Å²) in [5.41, 5.74) is 1.34. The summed E-state index contributed by atoms with van der Waals surface area (Å²) in [4.78, 5) is 0. The van der Waals surface area contributed by atoms with E-state index in [2.05, 4.69) is 180 Å². The van der Waals surface area contributed by atoms with E-state index >= 15 is 0 Å². The quantitative estimate of drug-likeness (QED) is 0.0883. The Morgan fingerprint density at radius 1 is 0.551 bits per heavy atom. The highest BCUT2D eigenvalue weighted by atomic mass is 16.5. The summed E-state index contributed by atoms with van der Waals surface area (Å²) in [5, 5.41) is 0. The Kier molecular flexibility index (Phi) is 17.6. The smallest absolute Gasteiger partial charge is 0.143 e. The minimum absolute atomic E-state index is 0.0710. The lowest BCUT2D eigenvalue weighted by molar-refractivity contribution is -0.152. The van der Waals surface area contributed by atoms with Crippen molar-refractivity contribution in [2.45, 2.75) is 209 Å². The van der Waals surface area contributed by atoms with Crippen LogP contribution in [0.5, 0.6) is 0 Å². The molecule has 0 amide bonds. The Balaban J connectivity index is 6.37. The molecule has 0 aliphatic rings. The Labute approximate surface area is 312 Å². The molecule has 0 saturated heterocycles. The molecule has 0 spiro atoms. The van der Waals surface area contributed by atoms with Crippen molar-refractivity contribution < 1.29 is 9.47 Å². The molecule has 0 rings (SSSR count). The van der Waals surface area contributed by atoms with Crippen LogP contribution in [0, 0.1) is 69.0 Å². The van der Waals surface area contributed by atoms with E-state index in [-0.39, 0.29) is 39.4 Å². The van der Waals surface area contributed by atoms with Gasteiger partial charge in [-0.15, -0.1) is 0 Å². The molecule has 3 heteroatoms. The van der Waals surface area contributed by atoms with Crippen LogP contribution in [0.25, 0.3) is 0 Å². The predicted molar refractivity (Wildman–Crippen MR) is 224 cm³/mol. The summed E-state index contributed by atoms with van der Waals surface area (Å²) >= 11 is 0. The van der Waals surface area contributed by atoms with E-state index in [4.69, 9.17) is 9.47 Å². The number of hydrogen-bond donors (Lipinski definition) is 0. The van der Waals surface area contributed by atoms with Gasteiger partial charge < -0.3 is 9.47 Å². The molecule has 2 nitrogen and oxygen atoms in total. The second-order valence-corrected chi connectivity index (χ2v) is 22.9. The molecule has 49 heavy (non-hydrogen) atoms. The van der Waals surface area contributed by atoms with E-state index in [0.717, 1.165) is 19.4 Å². The molecule has 0 aromatic carbocycles. The van der Waals surface area contributed by atoms with E-state index in [9.17, 15) is 0 Å². The van der Waals surface area contributed by atoms with Crippen LogP contribution in [0.4, 0.5) is 0 Å². The van der Waals surface area contributed by atoms with Crippen molar-refractivity contribution in [1.82, 2.24) is 0 Å². The minimum atomic E-state index is -0.332. The molecule has 292 valence electrons. The van der Waals surface area contributed by atoms with Crippen LogP contribution >= 0.6 is 0 Å². The maximum atomic E-state index is 7.27. The van der Waals surface area contributed by atoms with Crippen molar-refractivity contribution in [3.63, 3.8) is 0 Å². The third-order valence-electron chi connectivity index (χ3n) is 13.3. The number of allylic oxidation sites excluding steroid dienone is 2. The lowest BCUT2D eigenvalue weighted by Gasteiger charge is -2.49. The summed E-state index contributed by atoms with van der Waals surface area (Å²) in [6.07, 6.45) is 7.17. The molecule has 7 atom stereocenters. The van der Waals surface area contributed by atoms with E-state index in [0.29, 0.717) is 46.3 Å². The Morgan fingerprint density at radius 2 is 0.918 bits per heavy atom. The second kappa shape index (κ2) is 17.7. The van der Waals surface area contributed by atoms with Crippen molar-refractivity contribution in [2.75, 3.05) is 6.61 Å². The van der Waals surface area contributed by atoms with Crippen LogP contribution in [0.3, 0.4) is 0 Å². The monoisotopic (exact) mass is 689 g/mol. The molecule has 0 radical (unpaired) electrons. The van der Waals surface area contributed by atoms with Crippen molar-refractivity contribution in [2.24, 2.45) is 69.0 Å². The minimum Gasteiger partial charge on any atom is -0.378 e. The van der Waals surface area contributed by atoms with Crippen molar-refractivity contribution >= 4 is 7.85 Å². The molecular formula is C46H93BO2. The van der Waals surface area contributed by atoms with Gasteiger partial charge in [-0.25, -0.2) is 0 Å². The lowest BCUT2D eigenvalue weighted by Crippen LogP contribution is -2.51. The third-order valence-corrected chi connectivity index (χ3v) is 13.3. The second-order valence-electron chi connectivity index (χ2n) is 22.9. The van der Waals surface area contributed by atoms with Crippen LogP contribution in [0.1, 0.15) is 192 Å². The average molecular weight is 689 g/mol. The first-order chi connectivity index (χ1) is 21.5. The Hall–Kier alpha value is -0.275. The first-order valence-electron chi connectivity index (χ1n) is 20.5. The largest absolute Gasteiger partial charge is 0.378 e. The van der Waals surface area contributed by atoms with Crippen molar-refractivity contribution in [3.05, 3.63) is 11.6 Å². The highest BCUT2D eigenvalue weighted by molar-refractivity contribution is 6.14. The number of hydrogen-bond acceptors (Lipinski definition) is 2. The van der Waals surface area contributed by atoms with Gasteiger partial charge in [-0.2, -0.15) is 0 Å². The van der Waals surface area contributed by atoms with Crippen molar-refractivity contribution in [3.8, 4) is 0 Å². The van der Waals surface area contributed by atoms with E-state index in [1.807, 2.05) is 0 Å². The zero-order chi connectivity index (χ0) is 39.4. The zero-order valence-corrected chi connectivity index (χ0v) is 38.5. The fourth-order valence-corrected chi connectivity index (χ4v) is 9.51. The van der Waals surface area contributed by atoms with Gasteiger partial charge in [-0.05, 0) is 136 Å². The van der Waals surface area contributed by atoms with Gasteiger partial charge in [0, 0.05) is 5.50 Å². The highest BCUT2D eigenvalue weighted by Gasteiger charge is 2.45. The maximum absolute atomic E-state index is 7.27. The highest BCUT2D eigenvalue weighted by Crippen LogP contribution is 2.46. The lowest BCUT2D eigenvalue weighted by atomic mass is 9.60. The fraction of sp³-hybridized carbons (Fsp3) is 0.957. The molecule has 0 aromatic heterocycles. The van der Waals surface area contributed by atoms with Gasteiger partial charge >= 0.3 is 0 Å². The molecule has 0 aliphatic heterocycles. The molecule has 0 saturated carbocycles. The maximum Gasteiger partial charge on any atom is 0.143 e. The molecule has 0 N–H and O–H groups in total. The Morgan fingerprint density at radius 3 is 1.27 bits per heavy atom. The third kappa shape index (κ3) is 16.1. The summed E-state index contributed by atoms with van der Waals surface area (Å²) in [6, 6.07) is 0. The van der Waals surface area contributed by atoms with Gasteiger partial charge in [0.05, 0.1) is 17.8 Å². The summed E-state index contributed by atoms with van der Waals surface area (Å²) < 4.78 is 14.4. The van der Waals surface area contributed by atoms with Gasteiger partial charge in [-0.3, -0.25) is 0 Å². The molecule has 0 aromatic rings. The molecule has 7 unspecified atom stereocenters. The summed E-state index contributed by atoms with van der Waals surface area (Å²) in [5.74, 6) is 4.35. The summed E-state index contributed by atoms with van der Waals surface area (Å²) in [6.45, 7) is 58.0. The SMILES string of the molecule is BC(C)(OC(C)(C)CC(C)C(C)C(C)(C)CC(C)C)C(C)C(COC(C)(C)CC(C)C(C)C(C)(C)CC(C)C)C(C)(C)/C=C(\C)C(C)(C)C. The van der Waals surface area contributed by atoms with Crippen LogP contribution in [0.2, 0.25) is 0 Å². The van der Waals surface area contributed by atoms with Crippen LogP contribution in [-0.4, -0.2) is 31.2 Å². The van der Waals surface area contributed by atoms with Crippen LogP contribution in [-0.2, 0) is 9.47 Å². The van der Waals surface area contributed by atoms with Gasteiger partial charge in [0.2, 0.25) is 0 Å². The van der Waals surface area contributed by atoms with Crippen LogP contribution in [0.15, 0.2) is 11.6 Å². The molecule has 0 aliphatic carbocycles. The van der Waals surface area contributed by atoms with Gasteiger partial charge in [0.1, 0.15) is 7.85 Å². The number of rotatable bonds is 21. The van der Waals surface area contributed by atoms with E-state index in [1.54, 1.807) is 0 Å². The van der Waals surface area contributed by atoms with Gasteiger partial charge in [-0.1, -0.05) is 136 Å². The summed E-state index contributed by atoms with van der Waals surface area (Å²) in [7, 11) is 2.34. The fourth-order valence-electron chi connectivity index (χ4n) is 9.51. The molecular weight excluding hydrogens is 595 g/mol. The first kappa shape index (κ1) is 48.7. The zero-order valence-electron chi connectivity index (χ0n) is 38.5. The van der Waals surface area contributed by atoms with E-state index in [1.165, 1.54) is 18.4 Å². The van der Waals surface area contributed by atoms with E-state index < -0.39 is 0 Å². The first-order valence-corrected chi connectivity index (χ1v) is 20.5. The molecule has 0 bridgehead atoms.